The molecule has 2 rings (SSSR count). The third-order valence-corrected chi connectivity index (χ3v) is 5.44. The van der Waals surface area contributed by atoms with E-state index in [1.165, 1.54) is 19.1 Å². The van der Waals surface area contributed by atoms with Gasteiger partial charge in [-0.1, -0.05) is 23.7 Å². The predicted octanol–water partition coefficient (Wildman–Crippen LogP) is 2.64. The molecule has 0 radical (unpaired) electrons. The number of ketones is 1. The number of hydrogen-bond donors (Lipinski definition) is 0. The van der Waals surface area contributed by atoms with Crippen LogP contribution >= 0.6 is 11.6 Å². The molecule has 8 heteroatoms. The standard InChI is InChI=1S/C17H18ClNO5S/c1-3-24-17(21)11-19(10-12(2)20)25(22,23)16-7-5-13-8-15(18)6-4-14(13)9-16/h4-9H,3,10-11H2,1-2H3. The topological polar surface area (TPSA) is 80.8 Å². The zero-order chi connectivity index (χ0) is 18.6. The summed E-state index contributed by atoms with van der Waals surface area (Å²) >= 11 is 5.93. The highest BCUT2D eigenvalue weighted by molar-refractivity contribution is 7.89. The lowest BCUT2D eigenvalue weighted by Crippen LogP contribution is -2.39. The molecule has 0 fully saturated rings. The number of esters is 1. The summed E-state index contributed by atoms with van der Waals surface area (Å²) in [6.45, 7) is 2.09. The number of nitrogens with zero attached hydrogens (tertiary/aromatic N) is 1. The van der Waals surface area contributed by atoms with E-state index in [2.05, 4.69) is 0 Å². The molecule has 0 saturated carbocycles. The molecule has 0 aliphatic heterocycles. The number of rotatable bonds is 7. The molecule has 2 aromatic rings. The van der Waals surface area contributed by atoms with Crippen molar-refractivity contribution >= 4 is 44.1 Å². The maximum Gasteiger partial charge on any atom is 0.321 e. The predicted molar refractivity (Wildman–Crippen MR) is 95.0 cm³/mol. The van der Waals surface area contributed by atoms with Crippen molar-refractivity contribution in [1.82, 2.24) is 4.31 Å². The second kappa shape index (κ2) is 7.95. The number of hydrogen-bond acceptors (Lipinski definition) is 5. The largest absolute Gasteiger partial charge is 0.465 e. The molecule has 2 aromatic carbocycles. The number of Topliss-reactive ketones (excluding diaryl/α,β-unsaturated/α-hetero) is 1. The van der Waals surface area contributed by atoms with Gasteiger partial charge in [0.15, 0.2) is 0 Å². The first kappa shape index (κ1) is 19.4. The minimum atomic E-state index is -4.03. The van der Waals surface area contributed by atoms with Crippen LogP contribution in [0.2, 0.25) is 5.02 Å². The minimum Gasteiger partial charge on any atom is -0.465 e. The van der Waals surface area contributed by atoms with Crippen LogP contribution in [0.15, 0.2) is 41.3 Å². The molecule has 134 valence electrons. The average molecular weight is 384 g/mol. The van der Waals surface area contributed by atoms with Crippen molar-refractivity contribution in [3.05, 3.63) is 41.4 Å². The number of carbonyl (C=O) groups excluding carboxylic acids is 2. The van der Waals surface area contributed by atoms with Gasteiger partial charge >= 0.3 is 5.97 Å². The number of sulfonamides is 1. The van der Waals surface area contributed by atoms with Crippen molar-refractivity contribution in [2.45, 2.75) is 18.7 Å². The lowest BCUT2D eigenvalue weighted by molar-refractivity contribution is -0.143. The fourth-order valence-corrected chi connectivity index (χ4v) is 3.95. The molecule has 0 N–H and O–H groups in total. The van der Waals surface area contributed by atoms with Crippen LogP contribution in [0.1, 0.15) is 13.8 Å². The highest BCUT2D eigenvalue weighted by Crippen LogP contribution is 2.24. The summed E-state index contributed by atoms with van der Waals surface area (Å²) in [4.78, 5) is 23.2. The zero-order valence-electron chi connectivity index (χ0n) is 13.9. The molecule has 0 atom stereocenters. The van der Waals surface area contributed by atoms with Gasteiger partial charge in [-0.05, 0) is 48.9 Å². The van der Waals surface area contributed by atoms with E-state index in [0.717, 1.165) is 9.69 Å². The first-order chi connectivity index (χ1) is 11.7. The number of benzene rings is 2. The Morgan fingerprint density at radius 2 is 1.72 bits per heavy atom. The van der Waals surface area contributed by atoms with Gasteiger partial charge < -0.3 is 4.74 Å². The minimum absolute atomic E-state index is 0.00660. The molecule has 0 unspecified atom stereocenters. The normalized spacial score (nSPS) is 11.7. The van der Waals surface area contributed by atoms with Crippen LogP contribution in [0.4, 0.5) is 0 Å². The van der Waals surface area contributed by atoms with Gasteiger partial charge in [0, 0.05) is 5.02 Å². The molecule has 25 heavy (non-hydrogen) atoms. The Bertz CT molecular complexity index is 910. The molecule has 0 aromatic heterocycles. The van der Waals surface area contributed by atoms with E-state index in [4.69, 9.17) is 16.3 Å². The van der Waals surface area contributed by atoms with Crippen LogP contribution in [0.25, 0.3) is 10.8 Å². The van der Waals surface area contributed by atoms with E-state index in [1.807, 2.05) is 0 Å². The van der Waals surface area contributed by atoms with Crippen LogP contribution < -0.4 is 0 Å². The summed E-state index contributed by atoms with van der Waals surface area (Å²) < 4.78 is 31.3. The number of ether oxygens (including phenoxy) is 1. The van der Waals surface area contributed by atoms with Crippen LogP contribution in [0, 0.1) is 0 Å². The average Bonchev–Trinajstić information content (AvgIpc) is 2.53. The Labute approximate surface area is 151 Å². The van der Waals surface area contributed by atoms with Gasteiger partial charge in [-0.2, -0.15) is 4.31 Å². The van der Waals surface area contributed by atoms with E-state index in [-0.39, 0.29) is 17.3 Å². The molecule has 0 aliphatic carbocycles. The van der Waals surface area contributed by atoms with E-state index in [0.29, 0.717) is 10.4 Å². The lowest BCUT2D eigenvalue weighted by Gasteiger charge is -2.20. The first-order valence-corrected chi connectivity index (χ1v) is 9.40. The van der Waals surface area contributed by atoms with Gasteiger partial charge in [-0.15, -0.1) is 0 Å². The summed E-state index contributed by atoms with van der Waals surface area (Å²) in [5, 5.41) is 2.02. The summed E-state index contributed by atoms with van der Waals surface area (Å²) in [6, 6.07) is 9.62. The SMILES string of the molecule is CCOC(=O)CN(CC(C)=O)S(=O)(=O)c1ccc2cc(Cl)ccc2c1. The molecule has 0 aliphatic rings. The monoisotopic (exact) mass is 383 g/mol. The van der Waals surface area contributed by atoms with Crippen molar-refractivity contribution in [2.24, 2.45) is 0 Å². The van der Waals surface area contributed by atoms with Crippen LogP contribution in [-0.2, 0) is 24.3 Å². The van der Waals surface area contributed by atoms with Crippen molar-refractivity contribution < 1.29 is 22.7 Å². The molecule has 0 heterocycles. The number of carbonyl (C=O) groups is 2. The van der Waals surface area contributed by atoms with Gasteiger partial charge in [0.05, 0.1) is 18.0 Å². The Balaban J connectivity index is 2.42. The Morgan fingerprint density at radius 3 is 2.36 bits per heavy atom. The van der Waals surface area contributed by atoms with Crippen molar-refractivity contribution in [3.63, 3.8) is 0 Å². The highest BCUT2D eigenvalue weighted by atomic mass is 35.5. The lowest BCUT2D eigenvalue weighted by atomic mass is 10.1. The number of halogens is 1. The Morgan fingerprint density at radius 1 is 1.08 bits per heavy atom. The van der Waals surface area contributed by atoms with Crippen molar-refractivity contribution in [2.75, 3.05) is 19.7 Å². The van der Waals surface area contributed by atoms with Gasteiger partial charge in [0.2, 0.25) is 10.0 Å². The van der Waals surface area contributed by atoms with Crippen LogP contribution in [0.5, 0.6) is 0 Å². The molecular weight excluding hydrogens is 366 g/mol. The third-order valence-electron chi connectivity index (χ3n) is 3.42. The maximum absolute atomic E-state index is 12.9. The van der Waals surface area contributed by atoms with Gasteiger partial charge in [-0.3, -0.25) is 9.59 Å². The Kier molecular flexibility index (Phi) is 6.16. The van der Waals surface area contributed by atoms with Crippen molar-refractivity contribution in [1.29, 1.82) is 0 Å². The van der Waals surface area contributed by atoms with Crippen LogP contribution in [0.3, 0.4) is 0 Å². The van der Waals surface area contributed by atoms with E-state index >= 15 is 0 Å². The first-order valence-electron chi connectivity index (χ1n) is 7.58. The van der Waals surface area contributed by atoms with Crippen molar-refractivity contribution in [3.8, 4) is 0 Å². The summed E-state index contributed by atoms with van der Waals surface area (Å²) in [6.07, 6.45) is 0. The third kappa shape index (κ3) is 4.78. The zero-order valence-corrected chi connectivity index (χ0v) is 15.4. The smallest absolute Gasteiger partial charge is 0.321 e. The fourth-order valence-electron chi connectivity index (χ4n) is 2.33. The summed E-state index contributed by atoms with van der Waals surface area (Å²) in [5.41, 5.74) is 0. The molecule has 0 saturated heterocycles. The van der Waals surface area contributed by atoms with Gasteiger partial charge in [-0.25, -0.2) is 8.42 Å². The molecule has 6 nitrogen and oxygen atoms in total. The quantitative estimate of drug-likeness (QED) is 0.686. The van der Waals surface area contributed by atoms with Gasteiger partial charge in [0.1, 0.15) is 12.3 Å². The van der Waals surface area contributed by atoms with E-state index in [9.17, 15) is 18.0 Å². The summed E-state index contributed by atoms with van der Waals surface area (Å²) in [5.74, 6) is -1.08. The number of fused-ring (bicyclic) bond motifs is 1. The Hall–Kier alpha value is -1.96. The second-order valence-corrected chi connectivity index (χ2v) is 7.81. The maximum atomic E-state index is 12.9. The summed E-state index contributed by atoms with van der Waals surface area (Å²) in [7, 11) is -4.03. The van der Waals surface area contributed by atoms with Crippen LogP contribution in [-0.4, -0.2) is 44.2 Å². The molecule has 0 bridgehead atoms. The highest BCUT2D eigenvalue weighted by Gasteiger charge is 2.28. The molecule has 0 spiro atoms. The van der Waals surface area contributed by atoms with Gasteiger partial charge in [0.25, 0.3) is 0 Å². The molecular formula is C17H18ClNO5S. The molecule has 0 amide bonds. The van der Waals surface area contributed by atoms with E-state index in [1.54, 1.807) is 31.2 Å². The van der Waals surface area contributed by atoms with E-state index < -0.39 is 29.1 Å². The fraction of sp³-hybridized carbons (Fsp3) is 0.294. The second-order valence-electron chi connectivity index (χ2n) is 5.43.